The van der Waals surface area contributed by atoms with Crippen molar-refractivity contribution in [1.82, 2.24) is 0 Å². The second-order valence-electron chi connectivity index (χ2n) is 7.51. The van der Waals surface area contributed by atoms with E-state index in [-0.39, 0.29) is 0 Å². The molecule has 0 saturated heterocycles. The molecule has 0 aromatic carbocycles. The van der Waals surface area contributed by atoms with Gasteiger partial charge >= 0.3 is 0 Å². The molecule has 140 valence electrons. The molecular formula is C21H46PS+. The summed E-state index contributed by atoms with van der Waals surface area (Å²) >= 11 is 5.31. The van der Waals surface area contributed by atoms with Gasteiger partial charge in [-0.05, 0) is 38.5 Å². The summed E-state index contributed by atoms with van der Waals surface area (Å²) < 4.78 is 0. The zero-order valence-corrected chi connectivity index (χ0v) is 18.4. The fourth-order valence-corrected chi connectivity index (χ4v) is 7.74. The van der Waals surface area contributed by atoms with Crippen molar-refractivity contribution in [2.24, 2.45) is 0 Å². The quantitative estimate of drug-likeness (QED) is 0.141. The van der Waals surface area contributed by atoms with Gasteiger partial charge in [0.25, 0.3) is 0 Å². The van der Waals surface area contributed by atoms with Crippen LogP contribution in [-0.4, -0.2) is 18.5 Å². The summed E-state index contributed by atoms with van der Waals surface area (Å²) in [5, 5.41) is 0. The van der Waals surface area contributed by atoms with E-state index in [1.165, 1.54) is 115 Å². The van der Waals surface area contributed by atoms with Gasteiger partial charge in [0.15, 0.2) is 0 Å². The van der Waals surface area contributed by atoms with Gasteiger partial charge in [-0.2, -0.15) is 0 Å². The predicted octanol–water partition coefficient (Wildman–Crippen LogP) is 8.76. The van der Waals surface area contributed by atoms with Crippen LogP contribution >= 0.6 is 18.7 Å². The Bertz CT molecular complexity index is 194. The molecule has 0 nitrogen and oxygen atoms in total. The molecule has 0 spiro atoms. The Morgan fingerprint density at radius 2 is 0.696 bits per heavy atom. The van der Waals surface area contributed by atoms with E-state index in [9.17, 15) is 0 Å². The van der Waals surface area contributed by atoms with Gasteiger partial charge in [-0.25, -0.2) is 0 Å². The SMILES string of the molecule is CCCCCCC[P+](S)(CCCCCCC)CCCCCCC. The van der Waals surface area contributed by atoms with Crippen LogP contribution in [0.15, 0.2) is 0 Å². The minimum atomic E-state index is -0.921. The third-order valence-corrected chi connectivity index (χ3v) is 10.3. The molecular weight excluding hydrogens is 315 g/mol. The van der Waals surface area contributed by atoms with E-state index in [0.717, 1.165) is 0 Å². The largest absolute Gasteiger partial charge is 0.0705 e. The molecule has 0 radical (unpaired) electrons. The van der Waals surface area contributed by atoms with Gasteiger partial charge < -0.3 is 0 Å². The molecule has 0 heterocycles. The Morgan fingerprint density at radius 1 is 0.435 bits per heavy atom. The average Bonchev–Trinajstić information content (AvgIpc) is 2.54. The lowest BCUT2D eigenvalue weighted by molar-refractivity contribution is 0.646. The van der Waals surface area contributed by atoms with E-state index < -0.39 is 6.46 Å². The number of hydrogen-bond donors (Lipinski definition) is 1. The summed E-state index contributed by atoms with van der Waals surface area (Å²) in [5.74, 6) is 0. The number of thiol groups is 1. The highest BCUT2D eigenvalue weighted by Gasteiger charge is 2.31. The van der Waals surface area contributed by atoms with Crippen LogP contribution in [0.25, 0.3) is 0 Å². The van der Waals surface area contributed by atoms with Crippen molar-refractivity contribution in [3.8, 4) is 0 Å². The van der Waals surface area contributed by atoms with E-state index in [1.54, 1.807) is 0 Å². The zero-order valence-electron chi connectivity index (χ0n) is 16.6. The highest BCUT2D eigenvalue weighted by Crippen LogP contribution is 2.65. The average molecular weight is 362 g/mol. The molecule has 0 rings (SSSR count). The van der Waals surface area contributed by atoms with Gasteiger partial charge in [-0.15, -0.1) is 0 Å². The van der Waals surface area contributed by atoms with E-state index in [0.29, 0.717) is 0 Å². The van der Waals surface area contributed by atoms with Gasteiger partial charge in [-0.3, -0.25) is 0 Å². The van der Waals surface area contributed by atoms with Gasteiger partial charge in [-0.1, -0.05) is 78.6 Å². The third-order valence-electron chi connectivity index (χ3n) is 5.03. The van der Waals surface area contributed by atoms with Crippen LogP contribution in [-0.2, 0) is 0 Å². The van der Waals surface area contributed by atoms with Crippen LogP contribution in [0.4, 0.5) is 0 Å². The minimum absolute atomic E-state index is 0.921. The van der Waals surface area contributed by atoms with Gasteiger partial charge in [0.05, 0.1) is 25.0 Å². The van der Waals surface area contributed by atoms with Crippen molar-refractivity contribution in [2.75, 3.05) is 18.5 Å². The topological polar surface area (TPSA) is 0 Å². The van der Waals surface area contributed by atoms with Crippen molar-refractivity contribution in [3.63, 3.8) is 0 Å². The fourth-order valence-electron chi connectivity index (χ4n) is 3.36. The van der Waals surface area contributed by atoms with E-state index in [4.69, 9.17) is 12.2 Å². The smallest absolute Gasteiger partial charge is 0.0654 e. The lowest BCUT2D eigenvalue weighted by Gasteiger charge is -2.21. The predicted molar refractivity (Wildman–Crippen MR) is 117 cm³/mol. The Hall–Kier alpha value is 0.780. The maximum absolute atomic E-state index is 5.31. The van der Waals surface area contributed by atoms with Crippen molar-refractivity contribution >= 4 is 18.7 Å². The third kappa shape index (κ3) is 16.0. The standard InChI is InChI=1S/C21H46PS/c1-4-7-10-13-16-19-22(23,20-17-14-11-8-5-2)21-18-15-12-9-6-3/h23H,4-21H2,1-3H3/q+1. The molecule has 0 atom stereocenters. The van der Waals surface area contributed by atoms with E-state index >= 15 is 0 Å². The summed E-state index contributed by atoms with van der Waals surface area (Å²) in [6, 6.07) is 0. The van der Waals surface area contributed by atoms with Crippen LogP contribution in [0.2, 0.25) is 0 Å². The first-order valence-electron chi connectivity index (χ1n) is 10.8. The van der Waals surface area contributed by atoms with Crippen LogP contribution in [0.1, 0.15) is 117 Å². The second kappa shape index (κ2) is 17.6. The molecule has 0 aliphatic carbocycles. The van der Waals surface area contributed by atoms with Crippen molar-refractivity contribution in [1.29, 1.82) is 0 Å². The maximum Gasteiger partial charge on any atom is 0.0705 e. The number of hydrogen-bond acceptors (Lipinski definition) is 1. The Kier molecular flexibility index (Phi) is 18.2. The highest BCUT2D eigenvalue weighted by atomic mass is 32.7. The fraction of sp³-hybridized carbons (Fsp3) is 1.00. The molecule has 0 aromatic heterocycles. The Labute approximate surface area is 154 Å². The Morgan fingerprint density at radius 3 is 0.957 bits per heavy atom. The molecule has 0 N–H and O–H groups in total. The summed E-state index contributed by atoms with van der Waals surface area (Å²) in [6.45, 7) is 6.00. The maximum atomic E-state index is 5.31. The molecule has 2 heteroatoms. The monoisotopic (exact) mass is 361 g/mol. The van der Waals surface area contributed by atoms with Gasteiger partial charge in [0.1, 0.15) is 0 Å². The summed E-state index contributed by atoms with van der Waals surface area (Å²) in [6.07, 6.45) is 25.7. The molecule has 0 saturated carbocycles. The molecule has 0 aliphatic heterocycles. The summed E-state index contributed by atoms with van der Waals surface area (Å²) in [5.41, 5.74) is 0. The highest BCUT2D eigenvalue weighted by molar-refractivity contribution is 8.53. The van der Waals surface area contributed by atoms with Crippen molar-refractivity contribution in [3.05, 3.63) is 0 Å². The summed E-state index contributed by atoms with van der Waals surface area (Å²) in [4.78, 5) is 0. The van der Waals surface area contributed by atoms with Crippen LogP contribution in [0.3, 0.4) is 0 Å². The van der Waals surface area contributed by atoms with Gasteiger partial charge in [0.2, 0.25) is 0 Å². The molecule has 0 unspecified atom stereocenters. The summed E-state index contributed by atoms with van der Waals surface area (Å²) in [7, 11) is 0. The number of unbranched alkanes of at least 4 members (excludes halogenated alkanes) is 12. The molecule has 0 fully saturated rings. The normalized spacial score (nSPS) is 12.0. The Balaban J connectivity index is 4.00. The second-order valence-corrected chi connectivity index (χ2v) is 13.6. The van der Waals surface area contributed by atoms with Crippen molar-refractivity contribution < 1.29 is 0 Å². The lowest BCUT2D eigenvalue weighted by atomic mass is 10.2. The zero-order chi connectivity index (χ0) is 17.2. The van der Waals surface area contributed by atoms with E-state index in [2.05, 4.69) is 20.8 Å². The van der Waals surface area contributed by atoms with E-state index in [1.807, 2.05) is 0 Å². The van der Waals surface area contributed by atoms with Crippen LogP contribution in [0, 0.1) is 0 Å². The lowest BCUT2D eigenvalue weighted by Crippen LogP contribution is -2.04. The van der Waals surface area contributed by atoms with Gasteiger partial charge in [0, 0.05) is 12.2 Å². The molecule has 23 heavy (non-hydrogen) atoms. The van der Waals surface area contributed by atoms with Crippen LogP contribution in [0.5, 0.6) is 0 Å². The van der Waals surface area contributed by atoms with Crippen molar-refractivity contribution in [2.45, 2.75) is 117 Å². The molecule has 0 amide bonds. The number of rotatable bonds is 18. The first kappa shape index (κ1) is 23.8. The minimum Gasteiger partial charge on any atom is -0.0654 e. The first-order chi connectivity index (χ1) is 11.2. The molecule has 0 bridgehead atoms. The molecule has 0 aromatic rings. The first-order valence-corrected chi connectivity index (χ1v) is 14.3. The van der Waals surface area contributed by atoms with Crippen LogP contribution < -0.4 is 0 Å². The molecule has 0 aliphatic rings.